The quantitative estimate of drug-likeness (QED) is 0.256. The molecule has 2 aromatic carbocycles. The molecule has 3 aromatic rings. The Morgan fingerprint density at radius 1 is 1.10 bits per heavy atom. The van der Waals surface area contributed by atoms with Crippen molar-refractivity contribution in [3.63, 3.8) is 0 Å². The van der Waals surface area contributed by atoms with Crippen LogP contribution in [0.15, 0.2) is 74.5 Å². The Hall–Kier alpha value is -3.17. The summed E-state index contributed by atoms with van der Waals surface area (Å²) in [5, 5.41) is 10.6. The molecule has 0 aliphatic carbocycles. The van der Waals surface area contributed by atoms with Crippen LogP contribution in [0.2, 0.25) is 0 Å². The second-order valence-electron chi connectivity index (χ2n) is 6.41. The first kappa shape index (κ1) is 20.1. The molecule has 30 heavy (non-hydrogen) atoms. The summed E-state index contributed by atoms with van der Waals surface area (Å²) >= 11 is 4.23. The zero-order valence-corrected chi connectivity index (χ0v) is 17.7. The lowest BCUT2D eigenvalue weighted by Gasteiger charge is -2.12. The fourth-order valence-electron chi connectivity index (χ4n) is 2.94. The second-order valence-corrected chi connectivity index (χ2v) is 8.32. The number of carbonyl (C=O) groups excluding carboxylic acids is 2. The summed E-state index contributed by atoms with van der Waals surface area (Å²) in [6, 6.07) is 16.8. The number of rotatable bonds is 5. The topological polar surface area (TPSA) is 93.7 Å². The van der Waals surface area contributed by atoms with Crippen molar-refractivity contribution in [2.45, 2.75) is 6.54 Å². The lowest BCUT2D eigenvalue weighted by molar-refractivity contribution is -0.384. The van der Waals surface area contributed by atoms with Gasteiger partial charge in [-0.3, -0.25) is 24.6 Å². The Morgan fingerprint density at radius 2 is 1.90 bits per heavy atom. The zero-order chi connectivity index (χ0) is 21.3. The summed E-state index contributed by atoms with van der Waals surface area (Å²) in [5.41, 5.74) is 1.34. The fraction of sp³-hybridized carbons (Fsp3) is 0.0476. The summed E-state index contributed by atoms with van der Waals surface area (Å²) < 4.78 is 6.59. The highest BCUT2D eigenvalue weighted by Crippen LogP contribution is 2.34. The number of halogens is 1. The maximum absolute atomic E-state index is 12.7. The number of thioether (sulfide) groups is 1. The van der Waals surface area contributed by atoms with E-state index in [2.05, 4.69) is 15.9 Å². The fourth-order valence-corrected chi connectivity index (χ4v) is 4.21. The number of non-ortho nitro benzene ring substituents is 1. The van der Waals surface area contributed by atoms with E-state index < -0.39 is 10.8 Å². The molecule has 1 aliphatic rings. The van der Waals surface area contributed by atoms with E-state index >= 15 is 0 Å². The number of benzene rings is 2. The van der Waals surface area contributed by atoms with E-state index in [0.717, 1.165) is 21.8 Å². The zero-order valence-electron chi connectivity index (χ0n) is 15.3. The molecule has 1 fully saturated rings. The van der Waals surface area contributed by atoms with Gasteiger partial charge >= 0.3 is 0 Å². The number of furan rings is 1. The Morgan fingerprint density at radius 3 is 2.67 bits per heavy atom. The molecule has 9 heteroatoms. The van der Waals surface area contributed by atoms with Crippen LogP contribution in [0.5, 0.6) is 0 Å². The third-order valence-corrected chi connectivity index (χ3v) is 5.75. The van der Waals surface area contributed by atoms with Gasteiger partial charge in [0, 0.05) is 28.2 Å². The molecule has 0 unspecified atom stereocenters. The van der Waals surface area contributed by atoms with Crippen molar-refractivity contribution in [1.82, 2.24) is 4.90 Å². The van der Waals surface area contributed by atoms with Crippen molar-refractivity contribution in [1.29, 1.82) is 0 Å². The molecule has 1 aliphatic heterocycles. The van der Waals surface area contributed by atoms with Gasteiger partial charge in [0.25, 0.3) is 16.8 Å². The number of hydrogen-bond donors (Lipinski definition) is 0. The van der Waals surface area contributed by atoms with Gasteiger partial charge in [-0.1, -0.05) is 40.2 Å². The van der Waals surface area contributed by atoms with Crippen molar-refractivity contribution < 1.29 is 18.9 Å². The maximum atomic E-state index is 12.7. The average Bonchev–Trinajstić information content (AvgIpc) is 3.29. The molecule has 0 atom stereocenters. The molecular weight excluding hydrogens is 472 g/mol. The minimum atomic E-state index is -0.478. The van der Waals surface area contributed by atoms with E-state index in [1.807, 2.05) is 24.3 Å². The van der Waals surface area contributed by atoms with E-state index in [1.54, 1.807) is 24.3 Å². The van der Waals surface area contributed by atoms with E-state index in [-0.39, 0.29) is 22.4 Å². The Kier molecular flexibility index (Phi) is 5.56. The Labute approximate surface area is 183 Å². The SMILES string of the molecule is O=C1S/C(=C/c2ccc(-c3cccc([N+](=O)[O-])c3)o2)C(=O)N1Cc1cccc(Br)c1. The van der Waals surface area contributed by atoms with Crippen LogP contribution in [0.25, 0.3) is 17.4 Å². The van der Waals surface area contributed by atoms with Crippen molar-refractivity contribution in [2.75, 3.05) is 0 Å². The third kappa shape index (κ3) is 4.22. The maximum Gasteiger partial charge on any atom is 0.293 e. The van der Waals surface area contributed by atoms with Crippen LogP contribution in [-0.2, 0) is 11.3 Å². The Bertz CT molecular complexity index is 1200. The number of nitrogens with zero attached hydrogens (tertiary/aromatic N) is 2. The van der Waals surface area contributed by atoms with Gasteiger partial charge in [0.05, 0.1) is 16.4 Å². The summed E-state index contributed by atoms with van der Waals surface area (Å²) in [7, 11) is 0. The highest BCUT2D eigenvalue weighted by Gasteiger charge is 2.35. The van der Waals surface area contributed by atoms with Crippen LogP contribution < -0.4 is 0 Å². The molecule has 0 radical (unpaired) electrons. The lowest BCUT2D eigenvalue weighted by atomic mass is 10.1. The minimum absolute atomic E-state index is 0.0425. The monoisotopic (exact) mass is 484 g/mol. The molecule has 1 aromatic heterocycles. The average molecular weight is 485 g/mol. The van der Waals surface area contributed by atoms with Crippen LogP contribution in [-0.4, -0.2) is 21.0 Å². The largest absolute Gasteiger partial charge is 0.457 e. The summed E-state index contributed by atoms with van der Waals surface area (Å²) in [5.74, 6) is 0.418. The van der Waals surface area contributed by atoms with Gasteiger partial charge in [0.2, 0.25) is 0 Å². The number of amides is 2. The number of carbonyl (C=O) groups is 2. The van der Waals surface area contributed by atoms with Gasteiger partial charge in [-0.05, 0) is 41.6 Å². The molecule has 2 amide bonds. The molecule has 0 spiro atoms. The van der Waals surface area contributed by atoms with Gasteiger partial charge in [0.1, 0.15) is 11.5 Å². The van der Waals surface area contributed by atoms with E-state index in [4.69, 9.17) is 4.42 Å². The normalized spacial score (nSPS) is 15.2. The molecule has 150 valence electrons. The summed E-state index contributed by atoms with van der Waals surface area (Å²) in [6.07, 6.45) is 1.51. The van der Waals surface area contributed by atoms with Crippen LogP contribution in [0.3, 0.4) is 0 Å². The first-order chi connectivity index (χ1) is 14.4. The molecule has 1 saturated heterocycles. The van der Waals surface area contributed by atoms with Crippen molar-refractivity contribution >= 4 is 50.6 Å². The molecular formula is C21H13BrN2O5S. The van der Waals surface area contributed by atoms with E-state index in [1.165, 1.54) is 23.1 Å². The number of nitro benzene ring substituents is 1. The first-order valence-electron chi connectivity index (χ1n) is 8.75. The van der Waals surface area contributed by atoms with Gasteiger partial charge in [-0.25, -0.2) is 0 Å². The summed E-state index contributed by atoms with van der Waals surface area (Å²) in [4.78, 5) is 36.9. The number of imide groups is 1. The molecule has 4 rings (SSSR count). The van der Waals surface area contributed by atoms with Crippen molar-refractivity contribution in [2.24, 2.45) is 0 Å². The van der Waals surface area contributed by atoms with Gasteiger partial charge in [-0.2, -0.15) is 0 Å². The van der Waals surface area contributed by atoms with Crippen molar-refractivity contribution in [3.8, 4) is 11.3 Å². The molecule has 0 saturated carbocycles. The van der Waals surface area contributed by atoms with Gasteiger partial charge in [-0.15, -0.1) is 0 Å². The predicted octanol–water partition coefficient (Wildman–Crippen LogP) is 5.85. The molecule has 7 nitrogen and oxygen atoms in total. The third-order valence-electron chi connectivity index (χ3n) is 4.34. The standard InChI is InChI=1S/C21H13BrN2O5S/c22-15-5-1-3-13(9-15)12-23-20(25)19(30-21(23)26)11-17-7-8-18(29-17)14-4-2-6-16(10-14)24(27)28/h1-11H,12H2/b19-11+. The Balaban J connectivity index is 1.54. The van der Waals surface area contributed by atoms with Gasteiger partial charge in [0.15, 0.2) is 0 Å². The molecule has 0 bridgehead atoms. The van der Waals surface area contributed by atoms with Crippen LogP contribution in [0.1, 0.15) is 11.3 Å². The minimum Gasteiger partial charge on any atom is -0.457 e. The van der Waals surface area contributed by atoms with Crippen LogP contribution in [0.4, 0.5) is 10.5 Å². The first-order valence-corrected chi connectivity index (χ1v) is 10.4. The highest BCUT2D eigenvalue weighted by molar-refractivity contribution is 9.10. The van der Waals surface area contributed by atoms with Crippen LogP contribution in [0, 0.1) is 10.1 Å². The highest BCUT2D eigenvalue weighted by atomic mass is 79.9. The van der Waals surface area contributed by atoms with Crippen molar-refractivity contribution in [3.05, 3.63) is 91.5 Å². The molecule has 2 heterocycles. The summed E-state index contributed by atoms with van der Waals surface area (Å²) in [6.45, 7) is 0.179. The van der Waals surface area contributed by atoms with E-state index in [9.17, 15) is 19.7 Å². The lowest BCUT2D eigenvalue weighted by Crippen LogP contribution is -2.27. The number of hydrogen-bond acceptors (Lipinski definition) is 6. The predicted molar refractivity (Wildman–Crippen MR) is 116 cm³/mol. The van der Waals surface area contributed by atoms with Gasteiger partial charge < -0.3 is 4.42 Å². The van der Waals surface area contributed by atoms with E-state index in [0.29, 0.717) is 17.1 Å². The number of nitro groups is 1. The smallest absolute Gasteiger partial charge is 0.293 e. The molecule has 0 N–H and O–H groups in total. The second kappa shape index (κ2) is 8.29. The van der Waals surface area contributed by atoms with Crippen LogP contribution >= 0.6 is 27.7 Å².